The van der Waals surface area contributed by atoms with E-state index in [1.165, 1.54) is 7.11 Å². The van der Waals surface area contributed by atoms with E-state index < -0.39 is 6.09 Å². The van der Waals surface area contributed by atoms with Gasteiger partial charge >= 0.3 is 6.09 Å². The minimum Gasteiger partial charge on any atom is -0.453 e. The second kappa shape index (κ2) is 10.4. The normalized spacial score (nSPS) is 12.2. The van der Waals surface area contributed by atoms with Gasteiger partial charge in [-0.3, -0.25) is 0 Å². The zero-order valence-corrected chi connectivity index (χ0v) is 14.2. The van der Waals surface area contributed by atoms with Gasteiger partial charge in [0.05, 0.1) is 13.7 Å². The van der Waals surface area contributed by atoms with Crippen molar-refractivity contribution in [1.82, 2.24) is 10.6 Å². The van der Waals surface area contributed by atoms with Crippen molar-refractivity contribution >= 4 is 17.7 Å². The van der Waals surface area contributed by atoms with E-state index in [0.717, 1.165) is 17.0 Å². The minimum absolute atomic E-state index is 0.187. The number of nitrogens with one attached hydrogen (secondary N) is 2. The minimum atomic E-state index is -0.443. The van der Waals surface area contributed by atoms with Gasteiger partial charge in [0.1, 0.15) is 0 Å². The standard InChI is InChI=1S/C16H25ClN2O3/c1-12(2)19-15(13-5-4-6-14(17)11-13)7-9-22-10-8-18-16(20)21-3/h4-6,11-12,15,19H,7-10H2,1-3H3,(H,18,20). The van der Waals surface area contributed by atoms with Gasteiger partial charge in [-0.05, 0) is 24.1 Å². The summed E-state index contributed by atoms with van der Waals surface area (Å²) in [6, 6.07) is 8.41. The monoisotopic (exact) mass is 328 g/mol. The Morgan fingerprint density at radius 3 is 2.73 bits per heavy atom. The number of alkyl carbamates (subject to hydrolysis) is 1. The molecule has 0 heterocycles. The molecule has 0 spiro atoms. The molecule has 0 bridgehead atoms. The molecular formula is C16H25ClN2O3. The number of hydrogen-bond donors (Lipinski definition) is 2. The highest BCUT2D eigenvalue weighted by atomic mass is 35.5. The third-order valence-corrected chi connectivity index (χ3v) is 3.27. The van der Waals surface area contributed by atoms with Crippen LogP contribution in [0.3, 0.4) is 0 Å². The molecule has 1 atom stereocenters. The highest BCUT2D eigenvalue weighted by Gasteiger charge is 2.12. The lowest BCUT2D eigenvalue weighted by atomic mass is 10.0. The first kappa shape index (κ1) is 18.7. The van der Waals surface area contributed by atoms with E-state index >= 15 is 0 Å². The maximum Gasteiger partial charge on any atom is 0.406 e. The van der Waals surface area contributed by atoms with Gasteiger partial charge in [-0.15, -0.1) is 0 Å². The van der Waals surface area contributed by atoms with Gasteiger partial charge in [-0.2, -0.15) is 0 Å². The summed E-state index contributed by atoms with van der Waals surface area (Å²) in [4.78, 5) is 10.9. The smallest absolute Gasteiger partial charge is 0.406 e. The van der Waals surface area contributed by atoms with E-state index in [1.54, 1.807) is 0 Å². The van der Waals surface area contributed by atoms with E-state index in [2.05, 4.69) is 35.3 Å². The van der Waals surface area contributed by atoms with Gasteiger partial charge < -0.3 is 20.1 Å². The summed E-state index contributed by atoms with van der Waals surface area (Å²) >= 11 is 6.06. The van der Waals surface area contributed by atoms with Crippen molar-refractivity contribution in [2.24, 2.45) is 0 Å². The van der Waals surface area contributed by atoms with Crippen molar-refractivity contribution in [2.75, 3.05) is 26.9 Å². The number of hydrogen-bond acceptors (Lipinski definition) is 4. The van der Waals surface area contributed by atoms with Crippen LogP contribution in [0.5, 0.6) is 0 Å². The molecule has 0 radical (unpaired) electrons. The second-order valence-corrected chi connectivity index (χ2v) is 5.68. The topological polar surface area (TPSA) is 59.6 Å². The number of ether oxygens (including phenoxy) is 2. The second-order valence-electron chi connectivity index (χ2n) is 5.25. The number of benzene rings is 1. The predicted molar refractivity (Wildman–Crippen MR) is 88.3 cm³/mol. The summed E-state index contributed by atoms with van der Waals surface area (Å²) in [5.41, 5.74) is 1.15. The van der Waals surface area contributed by atoms with E-state index in [9.17, 15) is 4.79 Å². The number of carbonyl (C=O) groups is 1. The van der Waals surface area contributed by atoms with Crippen LogP contribution in [-0.4, -0.2) is 39.0 Å². The molecule has 2 N–H and O–H groups in total. The van der Waals surface area contributed by atoms with Crippen LogP contribution >= 0.6 is 11.6 Å². The molecule has 6 heteroatoms. The Balaban J connectivity index is 2.38. The van der Waals surface area contributed by atoms with Crippen molar-refractivity contribution in [3.63, 3.8) is 0 Å². The number of amides is 1. The molecule has 0 aliphatic heterocycles. The number of rotatable bonds is 9. The van der Waals surface area contributed by atoms with E-state index in [4.69, 9.17) is 16.3 Å². The van der Waals surface area contributed by atoms with Crippen LogP contribution in [0.2, 0.25) is 5.02 Å². The number of methoxy groups -OCH3 is 1. The van der Waals surface area contributed by atoms with Gasteiger partial charge in [0, 0.05) is 30.3 Å². The fourth-order valence-electron chi connectivity index (χ4n) is 2.07. The largest absolute Gasteiger partial charge is 0.453 e. The molecule has 124 valence electrons. The van der Waals surface area contributed by atoms with E-state index in [1.807, 2.05) is 18.2 Å². The lowest BCUT2D eigenvalue weighted by molar-refractivity contribution is 0.120. The average Bonchev–Trinajstić information content (AvgIpc) is 2.48. The summed E-state index contributed by atoms with van der Waals surface area (Å²) in [5, 5.41) is 6.82. The summed E-state index contributed by atoms with van der Waals surface area (Å²) in [7, 11) is 1.34. The molecule has 5 nitrogen and oxygen atoms in total. The van der Waals surface area contributed by atoms with Crippen molar-refractivity contribution in [1.29, 1.82) is 0 Å². The van der Waals surface area contributed by atoms with E-state index in [0.29, 0.717) is 25.8 Å². The molecular weight excluding hydrogens is 304 g/mol. The van der Waals surface area contributed by atoms with Crippen molar-refractivity contribution in [3.8, 4) is 0 Å². The molecule has 22 heavy (non-hydrogen) atoms. The third kappa shape index (κ3) is 7.64. The number of halogens is 1. The van der Waals surface area contributed by atoms with Crippen LogP contribution in [0.15, 0.2) is 24.3 Å². The van der Waals surface area contributed by atoms with Gasteiger partial charge in [0.15, 0.2) is 0 Å². The first-order valence-corrected chi connectivity index (χ1v) is 7.81. The van der Waals surface area contributed by atoms with Gasteiger partial charge in [-0.1, -0.05) is 37.6 Å². The third-order valence-electron chi connectivity index (χ3n) is 3.04. The van der Waals surface area contributed by atoms with Crippen LogP contribution in [-0.2, 0) is 9.47 Å². The molecule has 1 aromatic carbocycles. The van der Waals surface area contributed by atoms with Crippen LogP contribution < -0.4 is 10.6 Å². The molecule has 1 unspecified atom stereocenters. The van der Waals surface area contributed by atoms with Gasteiger partial charge in [0.25, 0.3) is 0 Å². The molecule has 0 fully saturated rings. The summed E-state index contributed by atoms with van der Waals surface area (Å²) in [6.07, 6.45) is 0.387. The summed E-state index contributed by atoms with van der Waals surface area (Å²) in [6.45, 7) is 5.71. The van der Waals surface area contributed by atoms with Crippen molar-refractivity contribution < 1.29 is 14.3 Å². The van der Waals surface area contributed by atoms with Crippen molar-refractivity contribution in [3.05, 3.63) is 34.9 Å². The Kier molecular flexibility index (Phi) is 8.89. The lowest BCUT2D eigenvalue weighted by Gasteiger charge is -2.22. The lowest BCUT2D eigenvalue weighted by Crippen LogP contribution is -2.30. The van der Waals surface area contributed by atoms with E-state index in [-0.39, 0.29) is 6.04 Å². The summed E-state index contributed by atoms with van der Waals surface area (Å²) < 4.78 is 10.0. The molecule has 0 aliphatic carbocycles. The zero-order valence-electron chi connectivity index (χ0n) is 13.4. The van der Waals surface area contributed by atoms with Gasteiger partial charge in [0.2, 0.25) is 0 Å². The molecule has 1 rings (SSSR count). The fourth-order valence-corrected chi connectivity index (χ4v) is 2.27. The Morgan fingerprint density at radius 1 is 1.32 bits per heavy atom. The molecule has 0 saturated heterocycles. The number of carbonyl (C=O) groups excluding carboxylic acids is 1. The van der Waals surface area contributed by atoms with Crippen LogP contribution in [0.4, 0.5) is 4.79 Å². The predicted octanol–water partition coefficient (Wildman–Crippen LogP) is 3.14. The first-order chi connectivity index (χ1) is 10.5. The van der Waals surface area contributed by atoms with Crippen LogP contribution in [0.1, 0.15) is 31.9 Å². The molecule has 1 aromatic rings. The SMILES string of the molecule is COC(=O)NCCOCCC(NC(C)C)c1cccc(Cl)c1. The Hall–Kier alpha value is -1.30. The van der Waals surface area contributed by atoms with Crippen LogP contribution in [0, 0.1) is 0 Å². The highest BCUT2D eigenvalue weighted by Crippen LogP contribution is 2.21. The quantitative estimate of drug-likeness (QED) is 0.684. The Morgan fingerprint density at radius 2 is 2.09 bits per heavy atom. The maximum atomic E-state index is 10.9. The molecule has 0 saturated carbocycles. The molecule has 1 amide bonds. The fraction of sp³-hybridized carbons (Fsp3) is 0.562. The Bertz CT molecular complexity index is 455. The average molecular weight is 329 g/mol. The molecule has 0 aromatic heterocycles. The molecule has 0 aliphatic rings. The maximum absolute atomic E-state index is 10.9. The first-order valence-electron chi connectivity index (χ1n) is 7.44. The van der Waals surface area contributed by atoms with Crippen LogP contribution in [0.25, 0.3) is 0 Å². The van der Waals surface area contributed by atoms with Gasteiger partial charge in [-0.25, -0.2) is 4.79 Å². The van der Waals surface area contributed by atoms with Crippen molar-refractivity contribution in [2.45, 2.75) is 32.4 Å². The Labute approximate surface area is 137 Å². The summed E-state index contributed by atoms with van der Waals surface area (Å²) in [5.74, 6) is 0. The highest BCUT2D eigenvalue weighted by molar-refractivity contribution is 6.30. The zero-order chi connectivity index (χ0) is 16.4.